The number of nitrogens with zero attached hydrogens (tertiary/aromatic N) is 2. The Morgan fingerprint density at radius 3 is 2.54 bits per heavy atom. The number of thiophene rings is 1. The highest BCUT2D eigenvalue weighted by Gasteiger charge is 2.14. The molecule has 4 nitrogen and oxygen atoms in total. The smallest absolute Gasteiger partial charge is 0.232 e. The summed E-state index contributed by atoms with van der Waals surface area (Å²) in [7, 11) is 0. The molecule has 1 amide bonds. The minimum absolute atomic E-state index is 0.0960. The van der Waals surface area contributed by atoms with Crippen LogP contribution in [0.4, 0.5) is 5.13 Å². The van der Waals surface area contributed by atoms with Crippen LogP contribution in [0.1, 0.15) is 22.4 Å². The summed E-state index contributed by atoms with van der Waals surface area (Å²) in [5.41, 5.74) is 6.47. The van der Waals surface area contributed by atoms with E-state index in [0.29, 0.717) is 5.13 Å². The van der Waals surface area contributed by atoms with Crippen molar-refractivity contribution in [1.29, 1.82) is 0 Å². The van der Waals surface area contributed by atoms with Crippen molar-refractivity contribution in [3.63, 3.8) is 0 Å². The third-order valence-electron chi connectivity index (χ3n) is 4.31. The topological polar surface area (TPSA) is 54.9 Å². The van der Waals surface area contributed by atoms with Gasteiger partial charge in [-0.3, -0.25) is 4.79 Å². The number of hydrogen-bond donors (Lipinski definition) is 1. The van der Waals surface area contributed by atoms with Gasteiger partial charge in [0.2, 0.25) is 5.91 Å². The van der Waals surface area contributed by atoms with Gasteiger partial charge in [0.25, 0.3) is 0 Å². The van der Waals surface area contributed by atoms with Crippen LogP contribution in [0, 0.1) is 20.8 Å². The van der Waals surface area contributed by atoms with Gasteiger partial charge in [-0.2, -0.15) is 0 Å². The molecule has 0 atom stereocenters. The van der Waals surface area contributed by atoms with E-state index < -0.39 is 0 Å². The van der Waals surface area contributed by atoms with Crippen LogP contribution in [0.2, 0.25) is 0 Å². The molecule has 0 aliphatic heterocycles. The highest BCUT2D eigenvalue weighted by molar-refractivity contribution is 7.20. The molecule has 0 aliphatic carbocycles. The van der Waals surface area contributed by atoms with Gasteiger partial charge in [0.05, 0.1) is 22.7 Å². The summed E-state index contributed by atoms with van der Waals surface area (Å²) in [6.45, 7) is 6.29. The van der Waals surface area contributed by atoms with Gasteiger partial charge in [-0.1, -0.05) is 23.8 Å². The van der Waals surface area contributed by atoms with Crippen LogP contribution in [0.3, 0.4) is 0 Å². The molecule has 4 aromatic rings. The molecule has 0 aliphatic rings. The molecule has 0 spiro atoms. The number of nitrogens with one attached hydrogen (secondary N) is 1. The van der Waals surface area contributed by atoms with E-state index in [0.717, 1.165) is 26.8 Å². The average Bonchev–Trinajstić information content (AvgIpc) is 3.35. The van der Waals surface area contributed by atoms with Crippen molar-refractivity contribution in [2.75, 3.05) is 5.32 Å². The Bertz CT molecular complexity index is 1100. The number of aromatic nitrogens is 2. The van der Waals surface area contributed by atoms with Gasteiger partial charge in [0.1, 0.15) is 5.01 Å². The number of hydrogen-bond acceptors (Lipinski definition) is 6. The number of anilines is 1. The van der Waals surface area contributed by atoms with Gasteiger partial charge >= 0.3 is 0 Å². The number of benzene rings is 1. The summed E-state index contributed by atoms with van der Waals surface area (Å²) in [4.78, 5) is 22.8. The molecule has 1 aromatic carbocycles. The Labute approximate surface area is 175 Å². The molecule has 7 heteroatoms. The first-order valence-electron chi connectivity index (χ1n) is 8.81. The van der Waals surface area contributed by atoms with Gasteiger partial charge in [-0.15, -0.1) is 34.0 Å². The van der Waals surface area contributed by atoms with Crippen molar-refractivity contribution in [1.82, 2.24) is 9.97 Å². The highest BCUT2D eigenvalue weighted by atomic mass is 32.1. The Balaban J connectivity index is 1.45. The summed E-state index contributed by atoms with van der Waals surface area (Å²) in [5.74, 6) is -0.0960. The second-order valence-corrected chi connectivity index (χ2v) is 9.32. The third kappa shape index (κ3) is 4.06. The molecule has 3 heterocycles. The Hall–Kier alpha value is -2.35. The molecule has 1 N–H and O–H groups in total. The number of carbonyl (C=O) groups excluding carboxylic acids is 1. The fourth-order valence-corrected chi connectivity index (χ4v) is 5.61. The maximum Gasteiger partial charge on any atom is 0.232 e. The van der Waals surface area contributed by atoms with Crippen molar-refractivity contribution < 1.29 is 4.79 Å². The largest absolute Gasteiger partial charge is 0.302 e. The van der Waals surface area contributed by atoms with E-state index in [1.807, 2.05) is 28.3 Å². The van der Waals surface area contributed by atoms with Crippen LogP contribution < -0.4 is 5.32 Å². The number of amides is 1. The lowest BCUT2D eigenvalue weighted by Crippen LogP contribution is -2.14. The molecule has 4 rings (SSSR count). The number of rotatable bonds is 5. The van der Waals surface area contributed by atoms with E-state index in [4.69, 9.17) is 0 Å². The van der Waals surface area contributed by atoms with Crippen LogP contribution in [0.5, 0.6) is 0 Å². The van der Waals surface area contributed by atoms with Crippen LogP contribution in [0.15, 0.2) is 40.4 Å². The zero-order chi connectivity index (χ0) is 19.7. The van der Waals surface area contributed by atoms with E-state index in [1.54, 1.807) is 22.7 Å². The second kappa shape index (κ2) is 7.95. The Kier molecular flexibility index (Phi) is 5.39. The van der Waals surface area contributed by atoms with Gasteiger partial charge in [0.15, 0.2) is 5.13 Å². The molecule has 0 unspecified atom stereocenters. The summed E-state index contributed by atoms with van der Waals surface area (Å²) in [6, 6.07) is 8.37. The van der Waals surface area contributed by atoms with Crippen LogP contribution in [-0.2, 0) is 11.2 Å². The van der Waals surface area contributed by atoms with E-state index in [1.165, 1.54) is 28.0 Å². The lowest BCUT2D eigenvalue weighted by atomic mass is 9.98. The molecule has 0 saturated heterocycles. The fraction of sp³-hybridized carbons (Fsp3) is 0.190. The predicted molar refractivity (Wildman–Crippen MR) is 120 cm³/mol. The fourth-order valence-electron chi connectivity index (χ4n) is 3.26. The highest BCUT2D eigenvalue weighted by Crippen LogP contribution is 2.31. The summed E-state index contributed by atoms with van der Waals surface area (Å²) in [6.07, 6.45) is 0.249. The molecule has 142 valence electrons. The number of aryl methyl sites for hydroxylation is 3. The van der Waals surface area contributed by atoms with E-state index in [9.17, 15) is 4.79 Å². The van der Waals surface area contributed by atoms with Crippen molar-refractivity contribution in [3.8, 4) is 21.1 Å². The normalized spacial score (nSPS) is 11.0. The standard InChI is InChI=1S/C21H19N3OS3/c1-12-7-13(2)19(14(3)8-12)16-11-28-21(23-16)24-18(25)9-15-10-27-20(22-15)17-5-4-6-26-17/h4-8,10-11H,9H2,1-3H3,(H,23,24,25). The molecule has 0 saturated carbocycles. The summed E-state index contributed by atoms with van der Waals surface area (Å²) < 4.78 is 0. The van der Waals surface area contributed by atoms with Gasteiger partial charge in [0, 0.05) is 16.3 Å². The van der Waals surface area contributed by atoms with Crippen LogP contribution in [-0.4, -0.2) is 15.9 Å². The maximum atomic E-state index is 12.4. The Morgan fingerprint density at radius 2 is 1.82 bits per heavy atom. The minimum Gasteiger partial charge on any atom is -0.302 e. The minimum atomic E-state index is -0.0960. The lowest BCUT2D eigenvalue weighted by Gasteiger charge is -2.08. The molecule has 3 aromatic heterocycles. The van der Waals surface area contributed by atoms with Gasteiger partial charge < -0.3 is 5.32 Å². The SMILES string of the molecule is Cc1cc(C)c(-c2csc(NC(=O)Cc3csc(-c4cccs4)n3)n2)c(C)c1. The molecular formula is C21H19N3OS3. The van der Waals surface area contributed by atoms with Crippen molar-refractivity contribution in [3.05, 3.63) is 62.8 Å². The number of carbonyl (C=O) groups is 1. The van der Waals surface area contributed by atoms with E-state index in [2.05, 4.69) is 48.2 Å². The molecule has 0 radical (unpaired) electrons. The third-order valence-corrected chi connectivity index (χ3v) is 7.00. The first kappa shape index (κ1) is 19.0. The molecule has 0 fully saturated rings. The summed E-state index contributed by atoms with van der Waals surface area (Å²) in [5, 5.41) is 10.5. The van der Waals surface area contributed by atoms with Crippen LogP contribution in [0.25, 0.3) is 21.1 Å². The van der Waals surface area contributed by atoms with Crippen molar-refractivity contribution >= 4 is 45.0 Å². The zero-order valence-electron chi connectivity index (χ0n) is 15.8. The van der Waals surface area contributed by atoms with Crippen LogP contribution >= 0.6 is 34.0 Å². The lowest BCUT2D eigenvalue weighted by molar-refractivity contribution is -0.115. The van der Waals surface area contributed by atoms with Crippen molar-refractivity contribution in [2.45, 2.75) is 27.2 Å². The first-order valence-corrected chi connectivity index (χ1v) is 11.5. The monoisotopic (exact) mass is 425 g/mol. The Morgan fingerprint density at radius 1 is 1.04 bits per heavy atom. The second-order valence-electron chi connectivity index (χ2n) is 6.66. The van der Waals surface area contributed by atoms with E-state index >= 15 is 0 Å². The number of thiazole rings is 2. The van der Waals surface area contributed by atoms with E-state index in [-0.39, 0.29) is 12.3 Å². The molecular weight excluding hydrogens is 406 g/mol. The molecule has 0 bridgehead atoms. The first-order chi connectivity index (χ1) is 13.5. The maximum absolute atomic E-state index is 12.4. The molecule has 28 heavy (non-hydrogen) atoms. The zero-order valence-corrected chi connectivity index (χ0v) is 18.2. The van der Waals surface area contributed by atoms with Gasteiger partial charge in [-0.25, -0.2) is 9.97 Å². The average molecular weight is 426 g/mol. The quantitative estimate of drug-likeness (QED) is 0.420. The van der Waals surface area contributed by atoms with Crippen molar-refractivity contribution in [2.24, 2.45) is 0 Å². The summed E-state index contributed by atoms with van der Waals surface area (Å²) >= 11 is 4.67. The van der Waals surface area contributed by atoms with Gasteiger partial charge in [-0.05, 0) is 43.3 Å². The predicted octanol–water partition coefficient (Wildman–Crippen LogP) is 6.10.